The first-order valence-corrected chi connectivity index (χ1v) is 3.29. The van der Waals surface area contributed by atoms with Gasteiger partial charge in [-0.1, -0.05) is 0 Å². The molecule has 0 amide bonds. The number of hydrogen-bond donors (Lipinski definition) is 1. The lowest BCUT2D eigenvalue weighted by Gasteiger charge is -2.06. The molecule has 0 aromatic heterocycles. The van der Waals surface area contributed by atoms with Crippen LogP contribution in [0, 0.1) is 0 Å². The number of rotatable bonds is 3. The normalized spacial score (nSPS) is 9.67. The molecule has 0 aliphatic heterocycles. The van der Waals surface area contributed by atoms with E-state index in [1.54, 1.807) is 0 Å². The molecule has 0 saturated carbocycles. The Morgan fingerprint density at radius 1 is 1.56 bits per heavy atom. The Kier molecular flexibility index (Phi) is 4.62. The molecule has 0 heterocycles. The molecule has 0 spiro atoms. The van der Waals surface area contributed by atoms with Crippen LogP contribution in [0.1, 0.15) is 0 Å². The van der Waals surface area contributed by atoms with Gasteiger partial charge in [0.15, 0.2) is 0 Å². The summed E-state index contributed by atoms with van der Waals surface area (Å²) in [5.41, 5.74) is 0. The van der Waals surface area contributed by atoms with Crippen molar-refractivity contribution in [3.8, 4) is 0 Å². The SMILES string of the molecule is O=C(O)OC(CCl)CCl. The van der Waals surface area contributed by atoms with E-state index in [-0.39, 0.29) is 11.8 Å². The molecule has 0 saturated heterocycles. The molecule has 0 fully saturated rings. The zero-order valence-electron chi connectivity index (χ0n) is 4.51. The molecular weight excluding hydrogens is 167 g/mol. The zero-order chi connectivity index (χ0) is 7.28. The van der Waals surface area contributed by atoms with E-state index >= 15 is 0 Å². The van der Waals surface area contributed by atoms with Crippen LogP contribution in [0.2, 0.25) is 0 Å². The van der Waals surface area contributed by atoms with E-state index in [1.807, 2.05) is 0 Å². The van der Waals surface area contributed by atoms with Crippen molar-refractivity contribution in [1.82, 2.24) is 0 Å². The first kappa shape index (κ1) is 8.85. The van der Waals surface area contributed by atoms with E-state index in [1.165, 1.54) is 0 Å². The Hall–Kier alpha value is -0.150. The van der Waals surface area contributed by atoms with Crippen molar-refractivity contribution in [1.29, 1.82) is 0 Å². The maximum atomic E-state index is 9.79. The summed E-state index contributed by atoms with van der Waals surface area (Å²) in [5, 5.41) is 8.01. The fourth-order valence-electron chi connectivity index (χ4n) is 0.247. The fourth-order valence-corrected chi connectivity index (χ4v) is 0.703. The average molecular weight is 173 g/mol. The van der Waals surface area contributed by atoms with Gasteiger partial charge in [0.05, 0.1) is 11.8 Å². The lowest BCUT2D eigenvalue weighted by Crippen LogP contribution is -2.19. The molecule has 0 aromatic carbocycles. The van der Waals surface area contributed by atoms with Crippen LogP contribution >= 0.6 is 23.2 Å². The van der Waals surface area contributed by atoms with Crippen LogP contribution in [-0.4, -0.2) is 29.1 Å². The predicted octanol–water partition coefficient (Wildman–Crippen LogP) is 1.53. The van der Waals surface area contributed by atoms with Crippen LogP contribution in [0.4, 0.5) is 4.79 Å². The highest BCUT2D eigenvalue weighted by atomic mass is 35.5. The molecule has 0 aliphatic carbocycles. The highest BCUT2D eigenvalue weighted by molar-refractivity contribution is 6.21. The number of alkyl halides is 2. The van der Waals surface area contributed by atoms with Gasteiger partial charge < -0.3 is 9.84 Å². The van der Waals surface area contributed by atoms with Crippen LogP contribution in [0.5, 0.6) is 0 Å². The molecule has 3 nitrogen and oxygen atoms in total. The summed E-state index contributed by atoms with van der Waals surface area (Å²) < 4.78 is 4.20. The summed E-state index contributed by atoms with van der Waals surface area (Å²) in [6, 6.07) is 0. The second kappa shape index (κ2) is 4.70. The first-order valence-electron chi connectivity index (χ1n) is 2.22. The van der Waals surface area contributed by atoms with Crippen LogP contribution in [0.15, 0.2) is 0 Å². The van der Waals surface area contributed by atoms with Gasteiger partial charge in [0.1, 0.15) is 6.10 Å². The molecule has 0 aliphatic rings. The summed E-state index contributed by atoms with van der Waals surface area (Å²) in [4.78, 5) is 9.79. The summed E-state index contributed by atoms with van der Waals surface area (Å²) in [5.74, 6) is 0.186. The molecule has 0 atom stereocenters. The lowest BCUT2D eigenvalue weighted by atomic mass is 10.5. The summed E-state index contributed by atoms with van der Waals surface area (Å²) in [6.45, 7) is 0. The Labute approximate surface area is 62.5 Å². The largest absolute Gasteiger partial charge is 0.506 e. The third-order valence-electron chi connectivity index (χ3n) is 0.612. The summed E-state index contributed by atoms with van der Waals surface area (Å²) in [6.07, 6.45) is -1.94. The minimum atomic E-state index is -1.35. The highest BCUT2D eigenvalue weighted by Gasteiger charge is 2.09. The van der Waals surface area contributed by atoms with E-state index < -0.39 is 12.3 Å². The number of hydrogen-bond acceptors (Lipinski definition) is 2. The molecule has 0 radical (unpaired) electrons. The Bertz CT molecular complexity index is 91.8. The van der Waals surface area contributed by atoms with Gasteiger partial charge in [-0.2, -0.15) is 0 Å². The monoisotopic (exact) mass is 172 g/mol. The molecule has 0 unspecified atom stereocenters. The number of carbonyl (C=O) groups is 1. The van der Waals surface area contributed by atoms with Crippen molar-refractivity contribution in [2.75, 3.05) is 11.8 Å². The predicted molar refractivity (Wildman–Crippen MR) is 34.3 cm³/mol. The maximum absolute atomic E-state index is 9.79. The maximum Gasteiger partial charge on any atom is 0.506 e. The first-order chi connectivity index (χ1) is 4.20. The van der Waals surface area contributed by atoms with Gasteiger partial charge in [-0.05, 0) is 0 Å². The van der Waals surface area contributed by atoms with Gasteiger partial charge in [0.2, 0.25) is 0 Å². The third-order valence-corrected chi connectivity index (χ3v) is 1.30. The van der Waals surface area contributed by atoms with E-state index in [0.29, 0.717) is 0 Å². The van der Waals surface area contributed by atoms with Crippen LogP contribution in [0.3, 0.4) is 0 Å². The highest BCUT2D eigenvalue weighted by Crippen LogP contribution is 1.97. The summed E-state index contributed by atoms with van der Waals surface area (Å²) in [7, 11) is 0. The molecule has 1 N–H and O–H groups in total. The second-order valence-electron chi connectivity index (χ2n) is 1.31. The Morgan fingerprint density at radius 2 is 2.00 bits per heavy atom. The molecular formula is C4H6Cl2O3. The van der Waals surface area contributed by atoms with Crippen LogP contribution in [0.25, 0.3) is 0 Å². The van der Waals surface area contributed by atoms with Crippen LogP contribution in [-0.2, 0) is 4.74 Å². The van der Waals surface area contributed by atoms with E-state index in [2.05, 4.69) is 4.74 Å². The van der Waals surface area contributed by atoms with Crippen molar-refractivity contribution in [2.45, 2.75) is 6.10 Å². The van der Waals surface area contributed by atoms with Gasteiger partial charge in [0, 0.05) is 0 Å². The molecule has 5 heteroatoms. The average Bonchev–Trinajstić information content (AvgIpc) is 1.82. The molecule has 0 rings (SSSR count). The summed E-state index contributed by atoms with van der Waals surface area (Å²) >= 11 is 10.5. The van der Waals surface area contributed by atoms with E-state index in [0.717, 1.165) is 0 Å². The minimum absolute atomic E-state index is 0.0931. The molecule has 54 valence electrons. The van der Waals surface area contributed by atoms with Crippen molar-refractivity contribution in [2.24, 2.45) is 0 Å². The molecule has 0 aromatic rings. The van der Waals surface area contributed by atoms with Gasteiger partial charge in [-0.25, -0.2) is 4.79 Å². The Balaban J connectivity index is 3.43. The Morgan fingerprint density at radius 3 is 2.11 bits per heavy atom. The lowest BCUT2D eigenvalue weighted by molar-refractivity contribution is 0.0682. The van der Waals surface area contributed by atoms with E-state index in [9.17, 15) is 4.79 Å². The van der Waals surface area contributed by atoms with Crippen molar-refractivity contribution in [3.63, 3.8) is 0 Å². The zero-order valence-corrected chi connectivity index (χ0v) is 6.02. The van der Waals surface area contributed by atoms with Crippen molar-refractivity contribution in [3.05, 3.63) is 0 Å². The minimum Gasteiger partial charge on any atom is -0.450 e. The quantitative estimate of drug-likeness (QED) is 0.519. The second-order valence-corrected chi connectivity index (χ2v) is 1.93. The number of carboxylic acid groups (broad SMARTS) is 1. The van der Waals surface area contributed by atoms with E-state index in [4.69, 9.17) is 28.3 Å². The smallest absolute Gasteiger partial charge is 0.450 e. The number of halogens is 2. The van der Waals surface area contributed by atoms with Gasteiger partial charge in [0.25, 0.3) is 0 Å². The van der Waals surface area contributed by atoms with Gasteiger partial charge in [-0.3, -0.25) is 0 Å². The van der Waals surface area contributed by atoms with Crippen molar-refractivity contribution < 1.29 is 14.6 Å². The van der Waals surface area contributed by atoms with Gasteiger partial charge >= 0.3 is 6.16 Å². The standard InChI is InChI=1S/C4H6Cl2O3/c5-1-3(2-6)9-4(7)8/h3H,1-2H2,(H,7,8). The third kappa shape index (κ3) is 4.36. The number of ether oxygens (including phenoxy) is 1. The molecule has 0 bridgehead atoms. The van der Waals surface area contributed by atoms with Crippen molar-refractivity contribution >= 4 is 29.4 Å². The van der Waals surface area contributed by atoms with Crippen LogP contribution < -0.4 is 0 Å². The molecule has 9 heavy (non-hydrogen) atoms. The fraction of sp³-hybridized carbons (Fsp3) is 0.750. The topological polar surface area (TPSA) is 46.5 Å². The van der Waals surface area contributed by atoms with Gasteiger partial charge in [-0.15, -0.1) is 23.2 Å².